The minimum atomic E-state index is -0.488. The lowest BCUT2D eigenvalue weighted by molar-refractivity contribution is -0.384. The number of thioether (sulfide) groups is 1. The Morgan fingerprint density at radius 1 is 1.32 bits per heavy atom. The maximum absolute atomic E-state index is 12.3. The minimum absolute atomic E-state index is 0.0297. The molecule has 0 aliphatic heterocycles. The van der Waals surface area contributed by atoms with Crippen LogP contribution in [0.2, 0.25) is 5.02 Å². The fourth-order valence-corrected chi connectivity index (χ4v) is 3.59. The quantitative estimate of drug-likeness (QED) is 0.336. The van der Waals surface area contributed by atoms with Gasteiger partial charge in [-0.3, -0.25) is 14.9 Å². The van der Waals surface area contributed by atoms with Crippen LogP contribution in [0.5, 0.6) is 0 Å². The zero-order valence-corrected chi connectivity index (χ0v) is 16.5. The summed E-state index contributed by atoms with van der Waals surface area (Å²) in [7, 11) is 1.63. The molecule has 3 aromatic rings. The molecule has 8 nitrogen and oxygen atoms in total. The first-order valence-electron chi connectivity index (χ1n) is 8.30. The normalized spacial score (nSPS) is 10.9. The molecule has 0 spiro atoms. The Morgan fingerprint density at radius 3 is 2.75 bits per heavy atom. The van der Waals surface area contributed by atoms with Crippen molar-refractivity contribution in [2.75, 3.05) is 24.8 Å². The Bertz CT molecular complexity index is 1010. The van der Waals surface area contributed by atoms with Gasteiger partial charge in [0, 0.05) is 36.5 Å². The van der Waals surface area contributed by atoms with Crippen molar-refractivity contribution in [3.63, 3.8) is 0 Å². The molecule has 10 heteroatoms. The molecule has 0 radical (unpaired) electrons. The standard InChI is InChI=1S/C18H17ClN4O4S/c1-27-9-8-22-16-7-2-12(19)10-15(16)21-18(22)28-11-17(24)20-13-3-5-14(6-4-13)23(25)26/h2-7,10H,8-9,11H2,1H3,(H,20,24). The molecular weight excluding hydrogens is 404 g/mol. The van der Waals surface area contributed by atoms with Gasteiger partial charge in [-0.1, -0.05) is 23.4 Å². The van der Waals surface area contributed by atoms with E-state index in [9.17, 15) is 14.9 Å². The summed E-state index contributed by atoms with van der Waals surface area (Å²) in [5, 5.41) is 14.7. The molecule has 146 valence electrons. The lowest BCUT2D eigenvalue weighted by atomic mass is 10.3. The third-order valence-corrected chi connectivity index (χ3v) is 5.10. The van der Waals surface area contributed by atoms with E-state index in [1.807, 2.05) is 10.6 Å². The van der Waals surface area contributed by atoms with E-state index in [0.29, 0.717) is 29.0 Å². The fraction of sp³-hybridized carbons (Fsp3) is 0.222. The zero-order valence-electron chi connectivity index (χ0n) is 14.9. The molecule has 0 saturated carbocycles. The number of anilines is 1. The number of methoxy groups -OCH3 is 1. The number of imidazole rings is 1. The molecule has 3 rings (SSSR count). The number of benzene rings is 2. The number of rotatable bonds is 8. The smallest absolute Gasteiger partial charge is 0.269 e. The first-order valence-corrected chi connectivity index (χ1v) is 9.66. The van der Waals surface area contributed by atoms with Crippen LogP contribution in [0, 0.1) is 10.1 Å². The molecule has 0 atom stereocenters. The molecule has 0 saturated heterocycles. The number of halogens is 1. The first-order chi connectivity index (χ1) is 13.5. The predicted octanol–water partition coefficient (Wildman–Crippen LogP) is 3.98. The second-order valence-corrected chi connectivity index (χ2v) is 7.19. The highest BCUT2D eigenvalue weighted by Gasteiger charge is 2.14. The maximum atomic E-state index is 12.3. The minimum Gasteiger partial charge on any atom is -0.383 e. The Balaban J connectivity index is 1.69. The number of amides is 1. The number of non-ortho nitro benzene ring substituents is 1. The number of carbonyl (C=O) groups is 1. The molecular formula is C18H17ClN4O4S. The maximum Gasteiger partial charge on any atom is 0.269 e. The summed E-state index contributed by atoms with van der Waals surface area (Å²) >= 11 is 7.34. The monoisotopic (exact) mass is 420 g/mol. The van der Waals surface area contributed by atoms with Crippen molar-refractivity contribution >= 4 is 51.7 Å². The number of nitro groups is 1. The average molecular weight is 421 g/mol. The first kappa shape index (κ1) is 20.1. The van der Waals surface area contributed by atoms with E-state index in [1.54, 1.807) is 19.2 Å². The van der Waals surface area contributed by atoms with Crippen LogP contribution < -0.4 is 5.32 Å². The van der Waals surface area contributed by atoms with Gasteiger partial charge in [0.25, 0.3) is 5.69 Å². The number of nitro benzene ring substituents is 1. The summed E-state index contributed by atoms with van der Waals surface area (Å²) in [6.07, 6.45) is 0. The van der Waals surface area contributed by atoms with Gasteiger partial charge in [0.15, 0.2) is 5.16 Å². The second-order valence-electron chi connectivity index (χ2n) is 5.81. The van der Waals surface area contributed by atoms with Gasteiger partial charge in [0.1, 0.15) is 0 Å². The van der Waals surface area contributed by atoms with Gasteiger partial charge < -0.3 is 14.6 Å². The van der Waals surface area contributed by atoms with Crippen LogP contribution in [0.1, 0.15) is 0 Å². The van der Waals surface area contributed by atoms with Crippen molar-refractivity contribution in [3.05, 3.63) is 57.6 Å². The molecule has 0 bridgehead atoms. The van der Waals surface area contributed by atoms with Crippen molar-refractivity contribution in [1.82, 2.24) is 9.55 Å². The van der Waals surface area contributed by atoms with Gasteiger partial charge in [-0.2, -0.15) is 0 Å². The zero-order chi connectivity index (χ0) is 20.1. The summed E-state index contributed by atoms with van der Waals surface area (Å²) in [5.41, 5.74) is 2.13. The lowest BCUT2D eigenvalue weighted by Crippen LogP contribution is -2.15. The average Bonchev–Trinajstić information content (AvgIpc) is 3.01. The number of nitrogens with one attached hydrogen (secondary N) is 1. The SMILES string of the molecule is COCCn1c(SCC(=O)Nc2ccc([N+](=O)[O-])cc2)nc2cc(Cl)ccc21. The van der Waals surface area contributed by atoms with E-state index in [4.69, 9.17) is 16.3 Å². The van der Waals surface area contributed by atoms with E-state index in [1.165, 1.54) is 36.0 Å². The molecule has 0 fully saturated rings. The molecule has 1 N–H and O–H groups in total. The van der Waals surface area contributed by atoms with E-state index < -0.39 is 4.92 Å². The molecule has 0 aliphatic carbocycles. The number of hydrogen-bond donors (Lipinski definition) is 1. The van der Waals surface area contributed by atoms with Crippen LogP contribution in [-0.4, -0.2) is 39.9 Å². The van der Waals surface area contributed by atoms with Crippen molar-refractivity contribution in [2.45, 2.75) is 11.7 Å². The number of ether oxygens (including phenoxy) is 1. The van der Waals surface area contributed by atoms with E-state index in [-0.39, 0.29) is 17.3 Å². The summed E-state index contributed by atoms with van der Waals surface area (Å²) in [4.78, 5) is 27.0. The highest BCUT2D eigenvalue weighted by Crippen LogP contribution is 2.26. The summed E-state index contributed by atoms with van der Waals surface area (Å²) in [5.74, 6) is -0.0941. The Kier molecular flexibility index (Phi) is 6.50. The fourth-order valence-electron chi connectivity index (χ4n) is 2.58. The Labute approximate surface area is 170 Å². The van der Waals surface area contributed by atoms with Crippen LogP contribution in [0.3, 0.4) is 0 Å². The van der Waals surface area contributed by atoms with Crippen molar-refractivity contribution < 1.29 is 14.5 Å². The van der Waals surface area contributed by atoms with Gasteiger partial charge in [0.05, 0.1) is 28.3 Å². The summed E-state index contributed by atoms with van der Waals surface area (Å²) in [6, 6.07) is 11.1. The van der Waals surface area contributed by atoms with E-state index in [0.717, 1.165) is 11.0 Å². The topological polar surface area (TPSA) is 99.3 Å². The Hall–Kier alpha value is -2.62. The summed E-state index contributed by atoms with van der Waals surface area (Å²) in [6.45, 7) is 1.11. The molecule has 1 aromatic heterocycles. The molecule has 0 unspecified atom stereocenters. The second kappa shape index (κ2) is 9.05. The number of carbonyl (C=O) groups excluding carboxylic acids is 1. The number of hydrogen-bond acceptors (Lipinski definition) is 6. The predicted molar refractivity (Wildman–Crippen MR) is 109 cm³/mol. The third kappa shape index (κ3) is 4.80. The van der Waals surface area contributed by atoms with Gasteiger partial charge in [-0.25, -0.2) is 4.98 Å². The highest BCUT2D eigenvalue weighted by atomic mass is 35.5. The van der Waals surface area contributed by atoms with E-state index >= 15 is 0 Å². The van der Waals surface area contributed by atoms with Crippen LogP contribution in [0.15, 0.2) is 47.6 Å². The number of nitrogens with zero attached hydrogens (tertiary/aromatic N) is 3. The van der Waals surface area contributed by atoms with Gasteiger partial charge >= 0.3 is 0 Å². The lowest BCUT2D eigenvalue weighted by Gasteiger charge is -2.08. The largest absolute Gasteiger partial charge is 0.383 e. The van der Waals surface area contributed by atoms with Gasteiger partial charge in [0.2, 0.25) is 5.91 Å². The molecule has 1 heterocycles. The number of aromatic nitrogens is 2. The van der Waals surface area contributed by atoms with Crippen LogP contribution in [0.25, 0.3) is 11.0 Å². The highest BCUT2D eigenvalue weighted by molar-refractivity contribution is 7.99. The molecule has 2 aromatic carbocycles. The Morgan fingerprint density at radius 2 is 2.07 bits per heavy atom. The van der Waals surface area contributed by atoms with Crippen molar-refractivity contribution in [3.8, 4) is 0 Å². The van der Waals surface area contributed by atoms with Crippen molar-refractivity contribution in [1.29, 1.82) is 0 Å². The van der Waals surface area contributed by atoms with E-state index in [2.05, 4.69) is 10.3 Å². The molecule has 1 amide bonds. The molecule has 0 aliphatic rings. The third-order valence-electron chi connectivity index (χ3n) is 3.89. The summed E-state index contributed by atoms with van der Waals surface area (Å²) < 4.78 is 7.15. The van der Waals surface area contributed by atoms with Crippen LogP contribution in [0.4, 0.5) is 11.4 Å². The van der Waals surface area contributed by atoms with Crippen LogP contribution in [-0.2, 0) is 16.1 Å². The van der Waals surface area contributed by atoms with Gasteiger partial charge in [-0.05, 0) is 30.3 Å². The van der Waals surface area contributed by atoms with Gasteiger partial charge in [-0.15, -0.1) is 0 Å². The van der Waals surface area contributed by atoms with Crippen molar-refractivity contribution in [2.24, 2.45) is 0 Å². The molecule has 28 heavy (non-hydrogen) atoms. The van der Waals surface area contributed by atoms with Crippen LogP contribution >= 0.6 is 23.4 Å². The number of fused-ring (bicyclic) bond motifs is 1.